The van der Waals surface area contributed by atoms with Crippen molar-refractivity contribution < 1.29 is 9.53 Å². The van der Waals surface area contributed by atoms with Gasteiger partial charge in [-0.15, -0.1) is 0 Å². The molecule has 1 rings (SSSR count). The van der Waals surface area contributed by atoms with Crippen LogP contribution >= 0.6 is 31.9 Å². The Bertz CT molecular complexity index is 381. The van der Waals surface area contributed by atoms with Crippen molar-refractivity contribution >= 4 is 37.8 Å². The molecule has 1 aromatic rings. The minimum Gasteiger partial charge on any atom is -0.456 e. The van der Waals surface area contributed by atoms with E-state index in [0.717, 1.165) is 8.95 Å². The van der Waals surface area contributed by atoms with E-state index in [1.165, 1.54) is 0 Å². The first-order chi connectivity index (χ1) is 6.79. The Morgan fingerprint density at radius 1 is 1.27 bits per heavy atom. The average molecular weight is 336 g/mol. The molecule has 0 unspecified atom stereocenters. The molecule has 0 bridgehead atoms. The molecule has 1 aromatic carbocycles. The summed E-state index contributed by atoms with van der Waals surface area (Å²) >= 11 is 6.63. The second-order valence-electron chi connectivity index (χ2n) is 4.13. The van der Waals surface area contributed by atoms with Gasteiger partial charge in [0.05, 0.1) is 5.56 Å². The molecule has 0 atom stereocenters. The summed E-state index contributed by atoms with van der Waals surface area (Å²) in [5.41, 5.74) is 0.0538. The van der Waals surface area contributed by atoms with E-state index < -0.39 is 5.60 Å². The molecule has 0 aliphatic rings. The van der Waals surface area contributed by atoms with Gasteiger partial charge >= 0.3 is 5.97 Å². The highest BCUT2D eigenvalue weighted by atomic mass is 79.9. The second-order valence-corrected chi connectivity index (χ2v) is 5.90. The van der Waals surface area contributed by atoms with E-state index in [1.807, 2.05) is 32.9 Å². The fourth-order valence-corrected chi connectivity index (χ4v) is 1.76. The molecule has 0 spiro atoms. The highest BCUT2D eigenvalue weighted by molar-refractivity contribution is 9.11. The largest absolute Gasteiger partial charge is 0.456 e. The number of carbonyl (C=O) groups excluding carboxylic acids is 1. The summed E-state index contributed by atoms with van der Waals surface area (Å²) in [6.07, 6.45) is 0. The van der Waals surface area contributed by atoms with Crippen molar-refractivity contribution in [1.82, 2.24) is 0 Å². The Morgan fingerprint density at radius 3 is 2.40 bits per heavy atom. The highest BCUT2D eigenvalue weighted by Gasteiger charge is 2.19. The van der Waals surface area contributed by atoms with E-state index in [2.05, 4.69) is 31.9 Å². The Kier molecular flexibility index (Phi) is 3.95. The lowest BCUT2D eigenvalue weighted by atomic mass is 10.2. The Balaban J connectivity index is 2.96. The van der Waals surface area contributed by atoms with Crippen LogP contribution in [0.1, 0.15) is 31.1 Å². The standard InChI is InChI=1S/C11H12Br2O2/c1-11(2,3)15-10(14)8-6-7(12)4-5-9(8)13/h4-6H,1-3H3. The molecular weight excluding hydrogens is 324 g/mol. The highest BCUT2D eigenvalue weighted by Crippen LogP contribution is 2.23. The summed E-state index contributed by atoms with van der Waals surface area (Å²) in [6, 6.07) is 5.40. The van der Waals surface area contributed by atoms with Gasteiger partial charge in [0.25, 0.3) is 0 Å². The lowest BCUT2D eigenvalue weighted by Crippen LogP contribution is -2.24. The van der Waals surface area contributed by atoms with E-state index in [1.54, 1.807) is 6.07 Å². The Hall–Kier alpha value is -0.350. The minimum atomic E-state index is -0.473. The number of ether oxygens (including phenoxy) is 1. The molecule has 0 N–H and O–H groups in total. The zero-order valence-corrected chi connectivity index (χ0v) is 12.0. The van der Waals surface area contributed by atoms with Gasteiger partial charge in [-0.3, -0.25) is 0 Å². The predicted molar refractivity (Wildman–Crippen MR) is 67.0 cm³/mol. The van der Waals surface area contributed by atoms with Crippen molar-refractivity contribution in [3.05, 3.63) is 32.7 Å². The van der Waals surface area contributed by atoms with E-state index in [0.29, 0.717) is 5.56 Å². The number of hydrogen-bond donors (Lipinski definition) is 0. The molecule has 82 valence electrons. The van der Waals surface area contributed by atoms with E-state index >= 15 is 0 Å². The molecule has 0 fully saturated rings. The summed E-state index contributed by atoms with van der Waals surface area (Å²) in [5.74, 6) is -0.323. The number of esters is 1. The summed E-state index contributed by atoms with van der Waals surface area (Å²) in [4.78, 5) is 11.8. The first-order valence-electron chi connectivity index (χ1n) is 4.48. The van der Waals surface area contributed by atoms with Crippen molar-refractivity contribution in [3.63, 3.8) is 0 Å². The summed E-state index contributed by atoms with van der Waals surface area (Å²) in [6.45, 7) is 5.53. The zero-order chi connectivity index (χ0) is 11.6. The number of halogens is 2. The van der Waals surface area contributed by atoms with E-state index in [-0.39, 0.29) is 5.97 Å². The molecular formula is C11H12Br2O2. The van der Waals surface area contributed by atoms with Crippen LogP contribution in [0.5, 0.6) is 0 Å². The summed E-state index contributed by atoms with van der Waals surface area (Å²) in [5, 5.41) is 0. The molecule has 0 saturated heterocycles. The van der Waals surface area contributed by atoms with Crippen LogP contribution in [0.2, 0.25) is 0 Å². The van der Waals surface area contributed by atoms with Crippen molar-refractivity contribution in [2.24, 2.45) is 0 Å². The first-order valence-corrected chi connectivity index (χ1v) is 6.06. The van der Waals surface area contributed by atoms with Gasteiger partial charge in [0.2, 0.25) is 0 Å². The van der Waals surface area contributed by atoms with Crippen LogP contribution in [0.15, 0.2) is 27.1 Å². The van der Waals surface area contributed by atoms with Crippen LogP contribution in [0.4, 0.5) is 0 Å². The molecule has 0 radical (unpaired) electrons. The number of benzene rings is 1. The monoisotopic (exact) mass is 334 g/mol. The van der Waals surface area contributed by atoms with Crippen molar-refractivity contribution in [1.29, 1.82) is 0 Å². The Morgan fingerprint density at radius 2 is 1.87 bits per heavy atom. The topological polar surface area (TPSA) is 26.3 Å². The Labute approximate surface area is 106 Å². The first kappa shape index (κ1) is 12.7. The van der Waals surface area contributed by atoms with Crippen LogP contribution in [0.25, 0.3) is 0 Å². The van der Waals surface area contributed by atoms with Gasteiger partial charge in [-0.25, -0.2) is 4.79 Å². The molecule has 0 amide bonds. The predicted octanol–water partition coefficient (Wildman–Crippen LogP) is 4.17. The smallest absolute Gasteiger partial charge is 0.339 e. The van der Waals surface area contributed by atoms with E-state index in [4.69, 9.17) is 4.74 Å². The maximum Gasteiger partial charge on any atom is 0.339 e. The van der Waals surface area contributed by atoms with Crippen LogP contribution < -0.4 is 0 Å². The number of carbonyl (C=O) groups is 1. The molecule has 2 nitrogen and oxygen atoms in total. The SMILES string of the molecule is CC(C)(C)OC(=O)c1cc(Br)ccc1Br. The third-order valence-corrected chi connectivity index (χ3v) is 2.73. The quantitative estimate of drug-likeness (QED) is 0.720. The molecule has 0 aliphatic carbocycles. The van der Waals surface area contributed by atoms with Crippen LogP contribution in [-0.2, 0) is 4.74 Å². The molecule has 0 aromatic heterocycles. The van der Waals surface area contributed by atoms with Gasteiger partial charge in [0.15, 0.2) is 0 Å². The van der Waals surface area contributed by atoms with Crippen LogP contribution in [-0.4, -0.2) is 11.6 Å². The van der Waals surface area contributed by atoms with Crippen molar-refractivity contribution in [2.75, 3.05) is 0 Å². The van der Waals surface area contributed by atoms with Gasteiger partial charge < -0.3 is 4.74 Å². The maximum atomic E-state index is 11.8. The number of rotatable bonds is 1. The van der Waals surface area contributed by atoms with Gasteiger partial charge in [-0.05, 0) is 54.9 Å². The molecule has 4 heteroatoms. The van der Waals surface area contributed by atoms with Crippen LogP contribution in [0.3, 0.4) is 0 Å². The molecule has 0 heterocycles. The fourth-order valence-electron chi connectivity index (χ4n) is 0.987. The third-order valence-electron chi connectivity index (χ3n) is 1.55. The van der Waals surface area contributed by atoms with Gasteiger partial charge in [-0.2, -0.15) is 0 Å². The third kappa shape index (κ3) is 3.95. The number of hydrogen-bond acceptors (Lipinski definition) is 2. The van der Waals surface area contributed by atoms with Gasteiger partial charge in [-0.1, -0.05) is 15.9 Å². The summed E-state index contributed by atoms with van der Waals surface area (Å²) in [7, 11) is 0. The fraction of sp³-hybridized carbons (Fsp3) is 0.364. The van der Waals surface area contributed by atoms with Gasteiger partial charge in [0, 0.05) is 8.95 Å². The van der Waals surface area contributed by atoms with Crippen LogP contribution in [0, 0.1) is 0 Å². The molecule has 15 heavy (non-hydrogen) atoms. The second kappa shape index (κ2) is 4.66. The van der Waals surface area contributed by atoms with Gasteiger partial charge in [0.1, 0.15) is 5.60 Å². The lowest BCUT2D eigenvalue weighted by molar-refractivity contribution is 0.00684. The lowest BCUT2D eigenvalue weighted by Gasteiger charge is -2.19. The van der Waals surface area contributed by atoms with Crippen molar-refractivity contribution in [2.45, 2.75) is 26.4 Å². The average Bonchev–Trinajstić information content (AvgIpc) is 2.06. The minimum absolute atomic E-state index is 0.323. The normalized spacial score (nSPS) is 11.3. The molecule has 0 aliphatic heterocycles. The molecule has 0 saturated carbocycles. The maximum absolute atomic E-state index is 11.8. The summed E-state index contributed by atoms with van der Waals surface area (Å²) < 4.78 is 6.86. The van der Waals surface area contributed by atoms with E-state index in [9.17, 15) is 4.79 Å². The zero-order valence-electron chi connectivity index (χ0n) is 8.80. The van der Waals surface area contributed by atoms with Crippen molar-refractivity contribution in [3.8, 4) is 0 Å².